The van der Waals surface area contributed by atoms with E-state index in [9.17, 15) is 0 Å². The average Bonchev–Trinajstić information content (AvgIpc) is 2.40. The number of benzene rings is 2. The average molecular weight is 384 g/mol. The maximum absolute atomic E-state index is 5.95. The molecule has 0 aliphatic carbocycles. The second kappa shape index (κ2) is 6.58. The monoisotopic (exact) mass is 382 g/mol. The minimum absolute atomic E-state index is 0.151. The van der Waals surface area contributed by atoms with Crippen molar-refractivity contribution in [3.8, 4) is 5.75 Å². The van der Waals surface area contributed by atoms with E-state index in [1.165, 1.54) is 16.7 Å². The molecule has 2 rings (SSSR count). The molecule has 0 aromatic heterocycles. The normalized spacial score (nSPS) is 10.8. The van der Waals surface area contributed by atoms with Gasteiger partial charge in [0.05, 0.1) is 3.74 Å². The molecule has 0 radical (unpaired) electrons. The van der Waals surface area contributed by atoms with Gasteiger partial charge in [0, 0.05) is 0 Å². The predicted octanol–water partition coefficient (Wildman–Crippen LogP) is 5.67. The van der Waals surface area contributed by atoms with Crippen molar-refractivity contribution in [3.05, 3.63) is 64.7 Å². The Morgan fingerprint density at radius 1 is 1.05 bits per heavy atom. The van der Waals surface area contributed by atoms with E-state index in [4.69, 9.17) is 4.74 Å². The molecule has 0 atom stereocenters. The van der Waals surface area contributed by atoms with Gasteiger partial charge in [-0.25, -0.2) is 0 Å². The Morgan fingerprint density at radius 2 is 1.79 bits per heavy atom. The van der Waals surface area contributed by atoms with Gasteiger partial charge in [0.25, 0.3) is 0 Å². The van der Waals surface area contributed by atoms with Gasteiger partial charge in [0.2, 0.25) is 0 Å². The molecule has 0 saturated heterocycles. The maximum atomic E-state index is 5.95. The van der Waals surface area contributed by atoms with Crippen molar-refractivity contribution < 1.29 is 4.74 Å². The fourth-order valence-corrected chi connectivity index (χ4v) is 2.79. The number of hydrogen-bond donors (Lipinski definition) is 0. The molecule has 100 valence electrons. The molecule has 19 heavy (non-hydrogen) atoms. The number of ether oxygens (including phenoxy) is 1. The van der Waals surface area contributed by atoms with Crippen LogP contribution in [0.4, 0.5) is 0 Å². The summed E-state index contributed by atoms with van der Waals surface area (Å²) in [5.41, 5.74) is 4.76. The van der Waals surface area contributed by atoms with E-state index < -0.39 is 0 Å². The van der Waals surface area contributed by atoms with Crippen LogP contribution in [-0.2, 0) is 6.61 Å². The summed E-state index contributed by atoms with van der Waals surface area (Å²) in [5.74, 6) is 0.954. The molecule has 0 spiro atoms. The Bertz CT molecular complexity index is 564. The number of halogens is 2. The van der Waals surface area contributed by atoms with Crippen LogP contribution in [0.2, 0.25) is 0 Å². The van der Waals surface area contributed by atoms with Crippen LogP contribution >= 0.6 is 31.9 Å². The van der Waals surface area contributed by atoms with Gasteiger partial charge in [0.1, 0.15) is 12.4 Å². The molecule has 0 amide bonds. The maximum Gasteiger partial charge on any atom is 0.122 e. The molecular formula is C16H16Br2O. The zero-order chi connectivity index (χ0) is 13.8. The van der Waals surface area contributed by atoms with Crippen molar-refractivity contribution in [2.75, 3.05) is 0 Å². The topological polar surface area (TPSA) is 9.23 Å². The quantitative estimate of drug-likeness (QED) is 0.618. The fourth-order valence-electron chi connectivity index (χ4n) is 1.90. The van der Waals surface area contributed by atoms with Crippen LogP contribution in [0, 0.1) is 13.8 Å². The van der Waals surface area contributed by atoms with Crippen molar-refractivity contribution in [2.24, 2.45) is 0 Å². The summed E-state index contributed by atoms with van der Waals surface area (Å²) in [6.45, 7) is 4.72. The van der Waals surface area contributed by atoms with Gasteiger partial charge >= 0.3 is 0 Å². The Kier molecular flexibility index (Phi) is 5.06. The van der Waals surface area contributed by atoms with Crippen LogP contribution in [0.15, 0.2) is 42.5 Å². The van der Waals surface area contributed by atoms with Crippen LogP contribution < -0.4 is 4.74 Å². The molecule has 3 heteroatoms. The Hall–Kier alpha value is -0.800. The second-order valence-electron chi connectivity index (χ2n) is 4.56. The molecule has 0 N–H and O–H groups in total. The largest absolute Gasteiger partial charge is 0.489 e. The summed E-state index contributed by atoms with van der Waals surface area (Å²) >= 11 is 7.09. The van der Waals surface area contributed by atoms with E-state index in [0.29, 0.717) is 6.61 Å². The SMILES string of the molecule is Cc1ccc(C)c(OCc2ccccc2C(Br)Br)c1. The second-order valence-corrected chi connectivity index (χ2v) is 7.62. The molecule has 1 nitrogen and oxygen atoms in total. The van der Waals surface area contributed by atoms with Gasteiger partial charge in [-0.15, -0.1) is 0 Å². The number of hydrogen-bond acceptors (Lipinski definition) is 1. The number of alkyl halides is 2. The highest BCUT2D eigenvalue weighted by atomic mass is 79.9. The van der Waals surface area contributed by atoms with E-state index in [0.717, 1.165) is 11.3 Å². The summed E-state index contributed by atoms with van der Waals surface area (Å²) in [6, 6.07) is 14.5. The lowest BCUT2D eigenvalue weighted by atomic mass is 10.1. The Balaban J connectivity index is 2.17. The van der Waals surface area contributed by atoms with E-state index in [-0.39, 0.29) is 3.74 Å². The predicted molar refractivity (Wildman–Crippen MR) is 87.3 cm³/mol. The van der Waals surface area contributed by atoms with Crippen molar-refractivity contribution in [1.82, 2.24) is 0 Å². The van der Waals surface area contributed by atoms with E-state index in [1.807, 2.05) is 12.1 Å². The third-order valence-corrected chi connectivity index (χ3v) is 4.00. The first-order valence-corrected chi connectivity index (χ1v) is 7.97. The summed E-state index contributed by atoms with van der Waals surface area (Å²) in [5, 5.41) is 0. The van der Waals surface area contributed by atoms with Crippen molar-refractivity contribution in [3.63, 3.8) is 0 Å². The summed E-state index contributed by atoms with van der Waals surface area (Å²) in [7, 11) is 0. The van der Waals surface area contributed by atoms with E-state index in [2.05, 4.69) is 76.0 Å². The first kappa shape index (κ1) is 14.6. The first-order chi connectivity index (χ1) is 9.08. The standard InChI is InChI=1S/C16H16Br2O/c1-11-7-8-12(2)15(9-11)19-10-13-5-3-4-6-14(13)16(17)18/h3-9,16H,10H2,1-2H3. The van der Waals surface area contributed by atoms with Crippen molar-refractivity contribution in [1.29, 1.82) is 0 Å². The minimum atomic E-state index is 0.151. The Morgan fingerprint density at radius 3 is 2.53 bits per heavy atom. The van der Waals surface area contributed by atoms with Crippen LogP contribution in [0.25, 0.3) is 0 Å². The Labute approximate surface area is 131 Å². The lowest BCUT2D eigenvalue weighted by Gasteiger charge is -2.13. The van der Waals surface area contributed by atoms with Gasteiger partial charge in [0.15, 0.2) is 0 Å². The van der Waals surface area contributed by atoms with E-state index >= 15 is 0 Å². The molecule has 0 heterocycles. The van der Waals surface area contributed by atoms with Crippen molar-refractivity contribution >= 4 is 31.9 Å². The lowest BCUT2D eigenvalue weighted by molar-refractivity contribution is 0.303. The lowest BCUT2D eigenvalue weighted by Crippen LogP contribution is -2.01. The van der Waals surface area contributed by atoms with Gasteiger partial charge in [-0.05, 0) is 42.2 Å². The molecule has 0 aliphatic heterocycles. The summed E-state index contributed by atoms with van der Waals surface area (Å²) in [6.07, 6.45) is 0. The molecule has 0 fully saturated rings. The summed E-state index contributed by atoms with van der Waals surface area (Å²) in [4.78, 5) is 0. The molecule has 0 bridgehead atoms. The molecule has 2 aromatic rings. The highest BCUT2D eigenvalue weighted by molar-refractivity contribution is 9.24. The van der Waals surface area contributed by atoms with E-state index in [1.54, 1.807) is 0 Å². The fraction of sp³-hybridized carbons (Fsp3) is 0.250. The van der Waals surface area contributed by atoms with Gasteiger partial charge in [-0.2, -0.15) is 0 Å². The van der Waals surface area contributed by atoms with Gasteiger partial charge < -0.3 is 4.74 Å². The molecular weight excluding hydrogens is 368 g/mol. The van der Waals surface area contributed by atoms with Gasteiger partial charge in [-0.3, -0.25) is 0 Å². The third-order valence-electron chi connectivity index (χ3n) is 3.02. The third kappa shape index (κ3) is 3.83. The zero-order valence-corrected chi connectivity index (χ0v) is 14.2. The highest BCUT2D eigenvalue weighted by Gasteiger charge is 2.09. The molecule has 0 aliphatic rings. The zero-order valence-electron chi connectivity index (χ0n) is 11.0. The van der Waals surface area contributed by atoms with Crippen LogP contribution in [0.3, 0.4) is 0 Å². The van der Waals surface area contributed by atoms with Crippen molar-refractivity contribution in [2.45, 2.75) is 24.2 Å². The minimum Gasteiger partial charge on any atom is -0.489 e. The molecule has 0 saturated carbocycles. The number of aryl methyl sites for hydroxylation is 2. The van der Waals surface area contributed by atoms with Crippen LogP contribution in [-0.4, -0.2) is 0 Å². The summed E-state index contributed by atoms with van der Waals surface area (Å²) < 4.78 is 6.10. The van der Waals surface area contributed by atoms with Gasteiger partial charge in [-0.1, -0.05) is 68.3 Å². The number of rotatable bonds is 4. The van der Waals surface area contributed by atoms with Crippen LogP contribution in [0.1, 0.15) is 26.0 Å². The molecule has 2 aromatic carbocycles. The smallest absolute Gasteiger partial charge is 0.122 e. The first-order valence-electron chi connectivity index (χ1n) is 6.14. The van der Waals surface area contributed by atoms with Crippen LogP contribution in [0.5, 0.6) is 5.75 Å². The highest BCUT2D eigenvalue weighted by Crippen LogP contribution is 2.32. The molecule has 0 unspecified atom stereocenters.